The zero-order valence-corrected chi connectivity index (χ0v) is 20.1. The van der Waals surface area contributed by atoms with Gasteiger partial charge in [0, 0.05) is 32.1 Å². The predicted molar refractivity (Wildman–Crippen MR) is 128 cm³/mol. The Labute approximate surface area is 191 Å². The zero-order valence-electron chi connectivity index (χ0n) is 17.8. The first-order chi connectivity index (χ1) is 13.6. The maximum Gasteiger partial charge on any atom is 0.225 e. The molecule has 1 amide bonds. The number of aliphatic imine (C=N–C) groups is 1. The number of carbonyl (C=O) groups excluding carboxylic acids is 1. The molecule has 2 unspecified atom stereocenters. The molecule has 2 fully saturated rings. The van der Waals surface area contributed by atoms with Crippen LogP contribution in [0.4, 0.5) is 0 Å². The Bertz CT molecular complexity index is 691. The monoisotopic (exact) mass is 514 g/mol. The van der Waals surface area contributed by atoms with Crippen molar-refractivity contribution in [3.8, 4) is 5.75 Å². The maximum atomic E-state index is 12.6. The van der Waals surface area contributed by atoms with E-state index in [1.807, 2.05) is 30.0 Å². The lowest BCUT2D eigenvalue weighted by Crippen LogP contribution is -2.47. The molecule has 29 heavy (non-hydrogen) atoms. The maximum absolute atomic E-state index is 12.6. The van der Waals surface area contributed by atoms with Gasteiger partial charge in [0.05, 0.1) is 6.54 Å². The van der Waals surface area contributed by atoms with Crippen LogP contribution >= 0.6 is 24.0 Å². The normalized spacial score (nSPS) is 20.9. The van der Waals surface area contributed by atoms with Crippen LogP contribution in [0.2, 0.25) is 0 Å². The Morgan fingerprint density at radius 1 is 1.28 bits per heavy atom. The van der Waals surface area contributed by atoms with E-state index in [0.29, 0.717) is 12.5 Å². The lowest BCUT2D eigenvalue weighted by molar-refractivity contribution is -0.134. The van der Waals surface area contributed by atoms with E-state index in [1.54, 1.807) is 7.05 Å². The number of benzene rings is 1. The number of guanidine groups is 1. The second-order valence-corrected chi connectivity index (χ2v) is 8.04. The Morgan fingerprint density at radius 2 is 2.00 bits per heavy atom. The van der Waals surface area contributed by atoms with Gasteiger partial charge in [0.25, 0.3) is 0 Å². The molecule has 0 spiro atoms. The molecular weight excluding hydrogens is 479 g/mol. The van der Waals surface area contributed by atoms with Gasteiger partial charge in [-0.15, -0.1) is 24.0 Å². The minimum atomic E-state index is 0. The van der Waals surface area contributed by atoms with E-state index in [9.17, 15) is 4.79 Å². The number of rotatable bonds is 6. The highest BCUT2D eigenvalue weighted by Gasteiger charge is 2.32. The van der Waals surface area contributed by atoms with E-state index in [-0.39, 0.29) is 42.0 Å². The van der Waals surface area contributed by atoms with Crippen molar-refractivity contribution in [1.82, 2.24) is 15.5 Å². The van der Waals surface area contributed by atoms with Crippen molar-refractivity contribution >= 4 is 35.8 Å². The number of ether oxygens (including phenoxy) is 1. The van der Waals surface area contributed by atoms with E-state index in [4.69, 9.17) is 4.74 Å². The summed E-state index contributed by atoms with van der Waals surface area (Å²) in [6.07, 6.45) is 5.51. The summed E-state index contributed by atoms with van der Waals surface area (Å²) in [6.45, 7) is 6.37. The van der Waals surface area contributed by atoms with Gasteiger partial charge < -0.3 is 20.3 Å². The van der Waals surface area contributed by atoms with E-state index in [2.05, 4.69) is 28.6 Å². The van der Waals surface area contributed by atoms with Gasteiger partial charge in [0.2, 0.25) is 5.91 Å². The quantitative estimate of drug-likeness (QED) is 0.347. The molecule has 0 radical (unpaired) electrons. The van der Waals surface area contributed by atoms with Crippen LogP contribution in [-0.2, 0) is 4.79 Å². The van der Waals surface area contributed by atoms with Gasteiger partial charge >= 0.3 is 0 Å². The largest absolute Gasteiger partial charge is 0.489 e. The first-order valence-electron chi connectivity index (χ1n) is 10.5. The van der Waals surface area contributed by atoms with Crippen LogP contribution in [0.1, 0.15) is 44.6 Å². The smallest absolute Gasteiger partial charge is 0.225 e. The van der Waals surface area contributed by atoms with Crippen molar-refractivity contribution in [2.75, 3.05) is 26.7 Å². The fourth-order valence-electron chi connectivity index (χ4n) is 4.08. The van der Waals surface area contributed by atoms with Gasteiger partial charge in [0.15, 0.2) is 5.96 Å². The van der Waals surface area contributed by atoms with Gasteiger partial charge in [-0.3, -0.25) is 9.79 Å². The molecule has 1 aliphatic carbocycles. The first-order valence-corrected chi connectivity index (χ1v) is 10.5. The van der Waals surface area contributed by atoms with Crippen LogP contribution in [0.3, 0.4) is 0 Å². The van der Waals surface area contributed by atoms with E-state index in [1.165, 1.54) is 12.8 Å². The summed E-state index contributed by atoms with van der Waals surface area (Å²) in [5, 5.41) is 6.81. The van der Waals surface area contributed by atoms with Crippen LogP contribution in [0.25, 0.3) is 0 Å². The molecule has 7 heteroatoms. The molecule has 1 saturated heterocycles. The lowest BCUT2D eigenvalue weighted by atomic mass is 10.1. The Hall–Kier alpha value is -1.51. The predicted octanol–water partition coefficient (Wildman–Crippen LogP) is 3.34. The number of amides is 1. The van der Waals surface area contributed by atoms with Crippen molar-refractivity contribution < 1.29 is 9.53 Å². The Kier molecular flexibility index (Phi) is 9.52. The first kappa shape index (κ1) is 23.8. The van der Waals surface area contributed by atoms with Crippen LogP contribution in [0, 0.1) is 12.8 Å². The fourth-order valence-corrected chi connectivity index (χ4v) is 4.08. The summed E-state index contributed by atoms with van der Waals surface area (Å²) in [4.78, 5) is 19.0. The van der Waals surface area contributed by atoms with E-state index < -0.39 is 0 Å². The second-order valence-electron chi connectivity index (χ2n) is 8.04. The third-order valence-electron chi connectivity index (χ3n) is 5.75. The number of nitrogens with zero attached hydrogens (tertiary/aromatic N) is 2. The molecule has 1 aromatic carbocycles. The molecule has 6 nitrogen and oxygen atoms in total. The Morgan fingerprint density at radius 3 is 2.69 bits per heavy atom. The van der Waals surface area contributed by atoms with Crippen molar-refractivity contribution in [2.45, 2.75) is 58.1 Å². The number of aryl methyl sites for hydroxylation is 1. The summed E-state index contributed by atoms with van der Waals surface area (Å²) >= 11 is 0. The highest BCUT2D eigenvalue weighted by molar-refractivity contribution is 14.0. The van der Waals surface area contributed by atoms with Crippen molar-refractivity contribution in [2.24, 2.45) is 10.9 Å². The number of hydrogen-bond acceptors (Lipinski definition) is 3. The molecule has 2 N–H and O–H groups in total. The molecule has 1 heterocycles. The van der Waals surface area contributed by atoms with Crippen molar-refractivity contribution in [3.05, 3.63) is 29.8 Å². The van der Waals surface area contributed by atoms with Crippen LogP contribution in [-0.4, -0.2) is 55.6 Å². The van der Waals surface area contributed by atoms with Crippen LogP contribution < -0.4 is 15.4 Å². The molecule has 1 aromatic rings. The lowest BCUT2D eigenvalue weighted by Gasteiger charge is -2.22. The minimum Gasteiger partial charge on any atom is -0.489 e. The molecule has 3 rings (SSSR count). The van der Waals surface area contributed by atoms with Gasteiger partial charge in [-0.1, -0.05) is 31.0 Å². The number of hydrogen-bond donors (Lipinski definition) is 2. The van der Waals surface area contributed by atoms with Gasteiger partial charge in [-0.05, 0) is 44.7 Å². The van der Waals surface area contributed by atoms with Crippen molar-refractivity contribution in [1.29, 1.82) is 0 Å². The SMILES string of the molecule is CN=C(NCC(C)Oc1ccccc1C)NC1CCN(C(=O)C2CCCC2)C1.I. The molecular formula is C22H35IN4O2. The summed E-state index contributed by atoms with van der Waals surface area (Å²) in [5.74, 6) is 2.29. The highest BCUT2D eigenvalue weighted by Crippen LogP contribution is 2.27. The van der Waals surface area contributed by atoms with Crippen molar-refractivity contribution in [3.63, 3.8) is 0 Å². The zero-order chi connectivity index (χ0) is 19.9. The van der Waals surface area contributed by atoms with E-state index in [0.717, 1.165) is 49.6 Å². The number of nitrogens with one attached hydrogen (secondary N) is 2. The fraction of sp³-hybridized carbons (Fsp3) is 0.636. The van der Waals surface area contributed by atoms with Crippen LogP contribution in [0.15, 0.2) is 29.3 Å². The Balaban J connectivity index is 0.00000300. The van der Waals surface area contributed by atoms with Gasteiger partial charge in [-0.25, -0.2) is 0 Å². The molecule has 0 bridgehead atoms. The number of likely N-dealkylation sites (tertiary alicyclic amines) is 1. The average molecular weight is 514 g/mol. The van der Waals surface area contributed by atoms with E-state index >= 15 is 0 Å². The third kappa shape index (κ3) is 6.76. The van der Waals surface area contributed by atoms with Crippen LogP contribution in [0.5, 0.6) is 5.75 Å². The molecule has 2 atom stereocenters. The second kappa shape index (κ2) is 11.6. The number of para-hydroxylation sites is 1. The molecule has 2 aliphatic rings. The molecule has 1 saturated carbocycles. The molecule has 0 aromatic heterocycles. The topological polar surface area (TPSA) is 66.0 Å². The molecule has 162 valence electrons. The summed E-state index contributed by atoms with van der Waals surface area (Å²) < 4.78 is 6.02. The highest BCUT2D eigenvalue weighted by atomic mass is 127. The van der Waals surface area contributed by atoms with Gasteiger partial charge in [0.1, 0.15) is 11.9 Å². The summed E-state index contributed by atoms with van der Waals surface area (Å²) in [5.41, 5.74) is 1.13. The molecule has 1 aliphatic heterocycles. The summed E-state index contributed by atoms with van der Waals surface area (Å²) in [6, 6.07) is 8.30. The number of carbonyl (C=O) groups is 1. The summed E-state index contributed by atoms with van der Waals surface area (Å²) in [7, 11) is 1.78. The van der Waals surface area contributed by atoms with Gasteiger partial charge in [-0.2, -0.15) is 0 Å². The third-order valence-corrected chi connectivity index (χ3v) is 5.75. The minimum absolute atomic E-state index is 0. The average Bonchev–Trinajstić information content (AvgIpc) is 3.38. The standard InChI is InChI=1S/C22H34N4O2.HI/c1-16-8-4-7-11-20(16)28-17(2)14-24-22(23-3)25-19-12-13-26(15-19)21(27)18-9-5-6-10-18;/h4,7-8,11,17-19H,5-6,9-10,12-15H2,1-3H3,(H2,23,24,25);1H. The number of halogens is 1.